The van der Waals surface area contributed by atoms with Crippen molar-refractivity contribution in [3.8, 4) is 0 Å². The lowest BCUT2D eigenvalue weighted by Gasteiger charge is -2.13. The summed E-state index contributed by atoms with van der Waals surface area (Å²) in [5, 5.41) is 0.867. The van der Waals surface area contributed by atoms with Gasteiger partial charge in [0.15, 0.2) is 0 Å². The van der Waals surface area contributed by atoms with Gasteiger partial charge < -0.3 is 9.64 Å². The first kappa shape index (κ1) is 9.72. The third kappa shape index (κ3) is 4.58. The molecule has 0 fully saturated rings. The molecule has 0 aliphatic carbocycles. The number of ether oxygens (including phenoxy) is 1. The van der Waals surface area contributed by atoms with Crippen LogP contribution in [-0.2, 0) is 4.74 Å². The van der Waals surface area contributed by atoms with E-state index in [1.165, 1.54) is 0 Å². The molecule has 2 nitrogen and oxygen atoms in total. The van der Waals surface area contributed by atoms with Gasteiger partial charge in [0, 0.05) is 19.1 Å². The molecule has 0 amide bonds. The Kier molecular flexibility index (Phi) is 4.40. The van der Waals surface area contributed by atoms with Gasteiger partial charge in [-0.05, 0) is 12.2 Å². The van der Waals surface area contributed by atoms with Crippen LogP contribution in [0.2, 0.25) is 0 Å². The lowest BCUT2D eigenvalue weighted by molar-refractivity contribution is 0.302. The lowest BCUT2D eigenvalue weighted by atomic mass is 10.7. The van der Waals surface area contributed by atoms with Crippen LogP contribution in [0.5, 0.6) is 0 Å². The highest BCUT2D eigenvalue weighted by Gasteiger charge is 1.98. The van der Waals surface area contributed by atoms with E-state index in [0.29, 0.717) is 10.2 Å². The Hall–Kier alpha value is -0.280. The quantitative estimate of drug-likeness (QED) is 0.598. The van der Waals surface area contributed by atoms with Crippen LogP contribution in [0, 0.1) is 0 Å². The number of thiocarbonyl (C=S) groups is 1. The molecule has 0 rings (SSSR count). The fourth-order valence-corrected chi connectivity index (χ4v) is 0.383. The van der Waals surface area contributed by atoms with Crippen LogP contribution >= 0.6 is 23.8 Å². The largest absolute Gasteiger partial charge is 0.465 e. The van der Waals surface area contributed by atoms with Crippen LogP contribution in [0.25, 0.3) is 0 Å². The SMILES string of the molecule is C=C(Cl)COC(=S)N(C)C. The van der Waals surface area contributed by atoms with Gasteiger partial charge in [-0.2, -0.15) is 0 Å². The molecule has 4 heteroatoms. The average Bonchev–Trinajstić information content (AvgIpc) is 1.82. The summed E-state index contributed by atoms with van der Waals surface area (Å²) in [4.78, 5) is 1.69. The number of rotatable bonds is 2. The molecule has 0 bridgehead atoms. The van der Waals surface area contributed by atoms with Crippen molar-refractivity contribution in [3.05, 3.63) is 11.6 Å². The maximum atomic E-state index is 5.43. The molecule has 0 heterocycles. The standard InChI is InChI=1S/C6H10ClNOS/c1-5(7)4-9-6(10)8(2)3/h1,4H2,2-3H3. The van der Waals surface area contributed by atoms with E-state index < -0.39 is 0 Å². The molecular formula is C6H10ClNOS. The highest BCUT2D eigenvalue weighted by molar-refractivity contribution is 7.80. The first-order valence-corrected chi connectivity index (χ1v) is 3.50. The van der Waals surface area contributed by atoms with Crippen LogP contribution in [0.4, 0.5) is 0 Å². The van der Waals surface area contributed by atoms with Gasteiger partial charge in [-0.25, -0.2) is 0 Å². The molecule has 0 aromatic carbocycles. The summed E-state index contributed by atoms with van der Waals surface area (Å²) in [5.41, 5.74) is 0. The Morgan fingerprint density at radius 3 is 2.50 bits per heavy atom. The van der Waals surface area contributed by atoms with E-state index in [1.54, 1.807) is 19.0 Å². The smallest absolute Gasteiger partial charge is 0.259 e. The molecule has 0 aromatic rings. The summed E-state index contributed by atoms with van der Waals surface area (Å²) < 4.78 is 4.99. The van der Waals surface area contributed by atoms with Crippen molar-refractivity contribution in [1.82, 2.24) is 4.90 Å². The molecule has 0 spiro atoms. The van der Waals surface area contributed by atoms with E-state index in [2.05, 4.69) is 6.58 Å². The van der Waals surface area contributed by atoms with E-state index in [9.17, 15) is 0 Å². The second-order valence-electron chi connectivity index (χ2n) is 1.97. The van der Waals surface area contributed by atoms with E-state index in [-0.39, 0.29) is 6.61 Å². The van der Waals surface area contributed by atoms with Crippen LogP contribution < -0.4 is 0 Å². The van der Waals surface area contributed by atoms with Gasteiger partial charge in [0.1, 0.15) is 6.61 Å². The zero-order valence-corrected chi connectivity index (χ0v) is 7.63. The normalized spacial score (nSPS) is 8.70. The summed E-state index contributed by atoms with van der Waals surface area (Å²) >= 11 is 10.2. The van der Waals surface area contributed by atoms with Crippen molar-refractivity contribution in [1.29, 1.82) is 0 Å². The minimum absolute atomic E-state index is 0.276. The number of hydrogen-bond donors (Lipinski definition) is 0. The summed E-state index contributed by atoms with van der Waals surface area (Å²) in [5.74, 6) is 0. The van der Waals surface area contributed by atoms with Crippen molar-refractivity contribution in [2.75, 3.05) is 20.7 Å². The lowest BCUT2D eigenvalue weighted by Crippen LogP contribution is -2.22. The predicted molar refractivity (Wildman–Crippen MR) is 47.2 cm³/mol. The monoisotopic (exact) mass is 179 g/mol. The van der Waals surface area contributed by atoms with Crippen molar-refractivity contribution in [2.24, 2.45) is 0 Å². The third-order valence-corrected chi connectivity index (χ3v) is 1.31. The van der Waals surface area contributed by atoms with Crippen LogP contribution in [0.1, 0.15) is 0 Å². The van der Waals surface area contributed by atoms with E-state index in [4.69, 9.17) is 28.6 Å². The maximum Gasteiger partial charge on any atom is 0.259 e. The van der Waals surface area contributed by atoms with E-state index in [1.807, 2.05) is 0 Å². The zero-order valence-electron chi connectivity index (χ0n) is 6.06. The molecule has 0 saturated carbocycles. The number of nitrogens with zero attached hydrogens (tertiary/aromatic N) is 1. The average molecular weight is 180 g/mol. The molecule has 10 heavy (non-hydrogen) atoms. The van der Waals surface area contributed by atoms with E-state index in [0.717, 1.165) is 0 Å². The Bertz CT molecular complexity index is 147. The molecule has 0 radical (unpaired) electrons. The maximum absolute atomic E-state index is 5.43. The minimum atomic E-state index is 0.276. The Labute approximate surface area is 71.4 Å². The Balaban J connectivity index is 3.50. The highest BCUT2D eigenvalue weighted by atomic mass is 35.5. The summed E-state index contributed by atoms with van der Waals surface area (Å²) in [6.45, 7) is 3.73. The minimum Gasteiger partial charge on any atom is -0.465 e. The van der Waals surface area contributed by atoms with Crippen LogP contribution in [0.3, 0.4) is 0 Å². The van der Waals surface area contributed by atoms with Crippen LogP contribution in [-0.4, -0.2) is 30.8 Å². The van der Waals surface area contributed by atoms with Gasteiger partial charge in [-0.1, -0.05) is 18.2 Å². The predicted octanol–water partition coefficient (Wildman–Crippen LogP) is 1.60. The van der Waals surface area contributed by atoms with Gasteiger partial charge in [-0.15, -0.1) is 0 Å². The van der Waals surface area contributed by atoms with Gasteiger partial charge in [-0.3, -0.25) is 0 Å². The van der Waals surface area contributed by atoms with Crippen LogP contribution in [0.15, 0.2) is 11.6 Å². The van der Waals surface area contributed by atoms with Crippen molar-refractivity contribution < 1.29 is 4.74 Å². The number of hydrogen-bond acceptors (Lipinski definition) is 2. The number of halogens is 1. The molecule has 0 atom stereocenters. The summed E-state index contributed by atoms with van der Waals surface area (Å²) in [6.07, 6.45) is 0. The molecule has 0 N–H and O–H groups in total. The first-order valence-electron chi connectivity index (χ1n) is 2.71. The fraction of sp³-hybridized carbons (Fsp3) is 0.500. The Morgan fingerprint density at radius 2 is 2.20 bits per heavy atom. The van der Waals surface area contributed by atoms with Crippen molar-refractivity contribution in [2.45, 2.75) is 0 Å². The highest BCUT2D eigenvalue weighted by Crippen LogP contribution is 1.98. The molecule has 0 unspecified atom stereocenters. The summed E-state index contributed by atoms with van der Waals surface area (Å²) in [6, 6.07) is 0. The first-order chi connectivity index (χ1) is 4.54. The molecular weight excluding hydrogens is 170 g/mol. The van der Waals surface area contributed by atoms with Gasteiger partial charge >= 0.3 is 0 Å². The van der Waals surface area contributed by atoms with Gasteiger partial charge in [0.05, 0.1) is 0 Å². The molecule has 0 saturated heterocycles. The third-order valence-electron chi connectivity index (χ3n) is 0.717. The summed E-state index contributed by atoms with van der Waals surface area (Å²) in [7, 11) is 3.61. The van der Waals surface area contributed by atoms with Crippen molar-refractivity contribution >= 4 is 29.0 Å². The second kappa shape index (κ2) is 4.52. The van der Waals surface area contributed by atoms with Gasteiger partial charge in [0.25, 0.3) is 5.17 Å². The zero-order chi connectivity index (χ0) is 8.15. The fourth-order valence-electron chi connectivity index (χ4n) is 0.269. The molecule has 0 aliphatic heterocycles. The Morgan fingerprint density at radius 1 is 1.70 bits per heavy atom. The molecule has 0 aliphatic rings. The molecule has 0 aromatic heterocycles. The van der Waals surface area contributed by atoms with Gasteiger partial charge in [0.2, 0.25) is 0 Å². The van der Waals surface area contributed by atoms with E-state index >= 15 is 0 Å². The molecule has 58 valence electrons. The van der Waals surface area contributed by atoms with Crippen molar-refractivity contribution in [3.63, 3.8) is 0 Å². The topological polar surface area (TPSA) is 12.5 Å². The second-order valence-corrected chi connectivity index (χ2v) is 2.85.